The van der Waals surface area contributed by atoms with E-state index in [0.29, 0.717) is 0 Å². The minimum Gasteiger partial charge on any atom is -0.354 e. The summed E-state index contributed by atoms with van der Waals surface area (Å²) < 4.78 is 0. The van der Waals surface area contributed by atoms with E-state index in [4.69, 9.17) is 0 Å². The van der Waals surface area contributed by atoms with Gasteiger partial charge in [0.15, 0.2) is 0 Å². The van der Waals surface area contributed by atoms with Crippen molar-refractivity contribution in [3.05, 3.63) is 33.7 Å². The molecule has 0 aliphatic carbocycles. The van der Waals surface area contributed by atoms with Gasteiger partial charge in [0.05, 0.1) is 16.4 Å². The fourth-order valence-corrected chi connectivity index (χ4v) is 4.17. The maximum atomic E-state index is 4.62. The van der Waals surface area contributed by atoms with Gasteiger partial charge in [-0.2, -0.15) is 0 Å². The van der Waals surface area contributed by atoms with Crippen molar-refractivity contribution in [2.75, 3.05) is 44.7 Å². The number of hydrogen-bond donors (Lipinski definition) is 0. The first-order chi connectivity index (χ1) is 11.7. The Morgan fingerprint density at radius 2 is 1.96 bits per heavy atom. The summed E-state index contributed by atoms with van der Waals surface area (Å²) in [5.41, 5.74) is 3.76. The Hall–Kier alpha value is -1.57. The van der Waals surface area contributed by atoms with E-state index in [1.807, 2.05) is 0 Å². The van der Waals surface area contributed by atoms with Crippen molar-refractivity contribution in [3.8, 4) is 0 Å². The summed E-state index contributed by atoms with van der Waals surface area (Å²) in [6, 6.07) is 0. The van der Waals surface area contributed by atoms with Crippen LogP contribution in [-0.4, -0.2) is 64.5 Å². The van der Waals surface area contributed by atoms with E-state index >= 15 is 0 Å². The lowest BCUT2D eigenvalue weighted by atomic mass is 10.1. The second kappa shape index (κ2) is 6.74. The highest BCUT2D eigenvalue weighted by molar-refractivity contribution is 7.09. The zero-order chi connectivity index (χ0) is 16.5. The Labute approximate surface area is 147 Å². The van der Waals surface area contributed by atoms with Crippen molar-refractivity contribution in [1.29, 1.82) is 0 Å². The van der Waals surface area contributed by atoms with Crippen LogP contribution in [0.5, 0.6) is 0 Å². The third-order valence-electron chi connectivity index (χ3n) is 4.89. The largest absolute Gasteiger partial charge is 0.354 e. The van der Waals surface area contributed by atoms with Gasteiger partial charge < -0.3 is 9.80 Å². The predicted octanol–water partition coefficient (Wildman–Crippen LogP) is 1.55. The lowest BCUT2D eigenvalue weighted by Gasteiger charge is -2.37. The summed E-state index contributed by atoms with van der Waals surface area (Å²) in [5.74, 6) is 1.15. The van der Waals surface area contributed by atoms with Crippen LogP contribution in [-0.2, 0) is 19.5 Å². The summed E-state index contributed by atoms with van der Waals surface area (Å²) >= 11 is 1.74. The molecule has 24 heavy (non-hydrogen) atoms. The lowest BCUT2D eigenvalue weighted by molar-refractivity contribution is 0.246. The molecular formula is C17H24N6S. The minimum atomic E-state index is 0.961. The van der Waals surface area contributed by atoms with Crippen molar-refractivity contribution < 1.29 is 0 Å². The maximum Gasteiger partial charge on any atom is 0.136 e. The highest BCUT2D eigenvalue weighted by Crippen LogP contribution is 2.26. The first kappa shape index (κ1) is 15.9. The number of thiazole rings is 1. The lowest BCUT2D eigenvalue weighted by Crippen LogP contribution is -2.47. The second-order valence-corrected chi connectivity index (χ2v) is 7.79. The van der Waals surface area contributed by atoms with Crippen molar-refractivity contribution in [1.82, 2.24) is 24.8 Å². The molecule has 0 bridgehead atoms. The van der Waals surface area contributed by atoms with Crippen molar-refractivity contribution in [2.24, 2.45) is 0 Å². The standard InChI is InChI=1S/C17H24N6S/c1-13-20-14(11-24-13)9-22-5-7-23(8-6-22)17-15-10-21(2)4-3-16(15)18-12-19-17/h11-12H,3-10H2,1-2H3. The van der Waals surface area contributed by atoms with Gasteiger partial charge in [-0.3, -0.25) is 4.90 Å². The van der Waals surface area contributed by atoms with E-state index in [2.05, 4.69) is 49.0 Å². The van der Waals surface area contributed by atoms with Gasteiger partial charge in [-0.25, -0.2) is 15.0 Å². The van der Waals surface area contributed by atoms with E-state index in [-0.39, 0.29) is 0 Å². The Morgan fingerprint density at radius 3 is 2.71 bits per heavy atom. The number of nitrogens with zero attached hydrogens (tertiary/aromatic N) is 6. The van der Waals surface area contributed by atoms with Gasteiger partial charge in [0, 0.05) is 63.2 Å². The Kier molecular flexibility index (Phi) is 4.47. The average molecular weight is 344 g/mol. The van der Waals surface area contributed by atoms with Crippen molar-refractivity contribution in [2.45, 2.75) is 26.4 Å². The Balaban J connectivity index is 1.43. The molecule has 0 N–H and O–H groups in total. The highest BCUT2D eigenvalue weighted by Gasteiger charge is 2.25. The molecule has 4 rings (SSSR count). The second-order valence-electron chi connectivity index (χ2n) is 6.73. The van der Waals surface area contributed by atoms with Crippen molar-refractivity contribution >= 4 is 17.2 Å². The van der Waals surface area contributed by atoms with Gasteiger partial charge in [-0.1, -0.05) is 0 Å². The molecule has 0 spiro atoms. The molecule has 0 atom stereocenters. The van der Waals surface area contributed by atoms with Crippen LogP contribution < -0.4 is 4.90 Å². The third kappa shape index (κ3) is 3.29. The van der Waals surface area contributed by atoms with Crippen LogP contribution in [0, 0.1) is 6.92 Å². The smallest absolute Gasteiger partial charge is 0.136 e. The molecule has 2 aromatic rings. The van der Waals surface area contributed by atoms with Crippen LogP contribution in [0.3, 0.4) is 0 Å². The first-order valence-corrected chi connectivity index (χ1v) is 9.46. The number of aromatic nitrogens is 3. The van der Waals surface area contributed by atoms with E-state index in [1.54, 1.807) is 17.7 Å². The molecule has 2 aromatic heterocycles. The first-order valence-electron chi connectivity index (χ1n) is 8.58. The number of piperazine rings is 1. The molecule has 0 saturated carbocycles. The minimum absolute atomic E-state index is 0.961. The summed E-state index contributed by atoms with van der Waals surface area (Å²) in [4.78, 5) is 21.0. The fourth-order valence-electron chi connectivity index (χ4n) is 3.56. The molecule has 7 heteroatoms. The molecule has 0 radical (unpaired) electrons. The monoisotopic (exact) mass is 344 g/mol. The fraction of sp³-hybridized carbons (Fsp3) is 0.588. The van der Waals surface area contributed by atoms with Crippen LogP contribution in [0.15, 0.2) is 11.7 Å². The maximum absolute atomic E-state index is 4.62. The molecule has 1 fully saturated rings. The molecule has 2 aliphatic rings. The number of anilines is 1. The van der Waals surface area contributed by atoms with Crippen LogP contribution in [0.4, 0.5) is 5.82 Å². The van der Waals surface area contributed by atoms with Crippen LogP contribution in [0.1, 0.15) is 22.0 Å². The Bertz CT molecular complexity index is 707. The number of likely N-dealkylation sites (N-methyl/N-ethyl adjacent to an activating group) is 1. The number of rotatable bonds is 3. The summed E-state index contributed by atoms with van der Waals surface area (Å²) in [5, 5.41) is 3.33. The summed E-state index contributed by atoms with van der Waals surface area (Å²) in [6.07, 6.45) is 2.77. The molecule has 128 valence electrons. The zero-order valence-corrected chi connectivity index (χ0v) is 15.2. The molecule has 2 aliphatic heterocycles. The molecule has 0 aromatic carbocycles. The van der Waals surface area contributed by atoms with Crippen molar-refractivity contribution in [3.63, 3.8) is 0 Å². The molecule has 1 saturated heterocycles. The van der Waals surface area contributed by atoms with Gasteiger partial charge in [-0.15, -0.1) is 11.3 Å². The van der Waals surface area contributed by atoms with Crippen LogP contribution >= 0.6 is 11.3 Å². The molecule has 4 heterocycles. The Morgan fingerprint density at radius 1 is 1.12 bits per heavy atom. The summed E-state index contributed by atoms with van der Waals surface area (Å²) in [6.45, 7) is 9.25. The molecule has 0 amide bonds. The zero-order valence-electron chi connectivity index (χ0n) is 14.4. The third-order valence-corrected chi connectivity index (χ3v) is 5.72. The predicted molar refractivity (Wildman–Crippen MR) is 96.4 cm³/mol. The van der Waals surface area contributed by atoms with E-state index in [9.17, 15) is 0 Å². The van der Waals surface area contributed by atoms with E-state index in [1.165, 1.54) is 17.0 Å². The van der Waals surface area contributed by atoms with Gasteiger partial charge in [0.2, 0.25) is 0 Å². The highest BCUT2D eigenvalue weighted by atomic mass is 32.1. The number of fused-ring (bicyclic) bond motifs is 1. The van der Waals surface area contributed by atoms with Gasteiger partial charge in [0.1, 0.15) is 12.1 Å². The average Bonchev–Trinajstić information content (AvgIpc) is 3.00. The van der Waals surface area contributed by atoms with Crippen LogP contribution in [0.25, 0.3) is 0 Å². The van der Waals surface area contributed by atoms with Gasteiger partial charge in [0.25, 0.3) is 0 Å². The molecule has 6 nitrogen and oxygen atoms in total. The normalized spacial score (nSPS) is 19.5. The van der Waals surface area contributed by atoms with Crippen LogP contribution in [0.2, 0.25) is 0 Å². The number of aryl methyl sites for hydroxylation is 1. The van der Waals surface area contributed by atoms with Gasteiger partial charge in [-0.05, 0) is 14.0 Å². The quantitative estimate of drug-likeness (QED) is 0.842. The SMILES string of the molecule is Cc1nc(CN2CCN(c3ncnc4c3CN(C)CC4)CC2)cs1. The topological polar surface area (TPSA) is 48.4 Å². The van der Waals surface area contributed by atoms with E-state index < -0.39 is 0 Å². The van der Waals surface area contributed by atoms with E-state index in [0.717, 1.165) is 63.1 Å². The molecular weight excluding hydrogens is 320 g/mol. The number of hydrogen-bond acceptors (Lipinski definition) is 7. The molecule has 0 unspecified atom stereocenters. The summed E-state index contributed by atoms with van der Waals surface area (Å²) in [7, 11) is 2.17. The van der Waals surface area contributed by atoms with Gasteiger partial charge >= 0.3 is 0 Å².